The molecule has 1 amide bonds. The highest BCUT2D eigenvalue weighted by atomic mass is 32.1. The second-order valence-corrected chi connectivity index (χ2v) is 8.89. The van der Waals surface area contributed by atoms with Crippen LogP contribution in [0.3, 0.4) is 0 Å². The lowest BCUT2D eigenvalue weighted by molar-refractivity contribution is 0.0526. The van der Waals surface area contributed by atoms with E-state index in [2.05, 4.69) is 15.3 Å². The molecule has 0 saturated carbocycles. The van der Waals surface area contributed by atoms with Crippen molar-refractivity contribution >= 4 is 33.4 Å². The maximum Gasteiger partial charge on any atom is 0.338 e. The third-order valence-corrected chi connectivity index (χ3v) is 6.32. The van der Waals surface area contributed by atoms with Gasteiger partial charge in [0.25, 0.3) is 11.5 Å². The van der Waals surface area contributed by atoms with Gasteiger partial charge in [-0.2, -0.15) is 0 Å². The van der Waals surface area contributed by atoms with Gasteiger partial charge in [0.1, 0.15) is 10.6 Å². The number of hydrogen-bond acceptors (Lipinski definition) is 7. The highest BCUT2D eigenvalue weighted by Crippen LogP contribution is 2.22. The molecule has 2 aromatic heterocycles. The third-order valence-electron chi connectivity index (χ3n) is 5.40. The third kappa shape index (κ3) is 5.84. The average Bonchev–Trinajstić information content (AvgIpc) is 3.28. The zero-order valence-electron chi connectivity index (χ0n) is 19.7. The largest absolute Gasteiger partial charge is 0.462 e. The topological polar surface area (TPSA) is 110 Å². The van der Waals surface area contributed by atoms with Crippen molar-refractivity contribution in [3.8, 4) is 0 Å². The smallest absolute Gasteiger partial charge is 0.338 e. The Balaban J connectivity index is 1.38. The Labute approximate surface area is 210 Å². The van der Waals surface area contributed by atoms with Gasteiger partial charge in [0.05, 0.1) is 30.8 Å². The summed E-state index contributed by atoms with van der Waals surface area (Å²) in [6.07, 6.45) is 0. The van der Waals surface area contributed by atoms with Crippen LogP contribution in [0.25, 0.3) is 10.2 Å². The first-order valence-corrected chi connectivity index (χ1v) is 12.1. The van der Waals surface area contributed by atoms with Gasteiger partial charge in [-0.25, -0.2) is 14.2 Å². The van der Waals surface area contributed by atoms with Crippen LogP contribution < -0.4 is 10.9 Å². The standard InChI is InChI=1S/C26H24FN3O5S/c1-3-35-26(33)18-7-4-16(5-8-18)12-34-13-19-14-36-25-21(19)23(31)29-22(30-25)24(32)28-11-17-6-9-20(27)15(2)10-17/h4-10,14H,3,11-13H2,1-2H3,(H,28,32)(H,29,30,31). The van der Waals surface area contributed by atoms with Crippen LogP contribution >= 0.6 is 11.3 Å². The maximum absolute atomic E-state index is 13.4. The van der Waals surface area contributed by atoms with Crippen molar-refractivity contribution in [2.45, 2.75) is 33.6 Å². The summed E-state index contributed by atoms with van der Waals surface area (Å²) < 4.78 is 24.2. The van der Waals surface area contributed by atoms with E-state index < -0.39 is 11.5 Å². The Bertz CT molecular complexity index is 1460. The molecule has 0 aliphatic carbocycles. The van der Waals surface area contributed by atoms with Gasteiger partial charge < -0.3 is 19.8 Å². The molecule has 0 spiro atoms. The number of hydrogen-bond donors (Lipinski definition) is 2. The van der Waals surface area contributed by atoms with Crippen LogP contribution in [-0.2, 0) is 29.2 Å². The molecule has 4 rings (SSSR count). The first-order valence-electron chi connectivity index (χ1n) is 11.2. The summed E-state index contributed by atoms with van der Waals surface area (Å²) in [5.41, 5.74) is 2.79. The number of halogens is 1. The van der Waals surface area contributed by atoms with Gasteiger partial charge in [-0.15, -0.1) is 11.3 Å². The molecule has 0 fully saturated rings. The van der Waals surface area contributed by atoms with E-state index in [0.29, 0.717) is 33.5 Å². The number of H-pyrrole nitrogens is 1. The number of esters is 1. The normalized spacial score (nSPS) is 11.0. The van der Waals surface area contributed by atoms with Crippen molar-refractivity contribution < 1.29 is 23.5 Å². The molecule has 186 valence electrons. The molecule has 10 heteroatoms. The molecule has 0 aliphatic rings. The second kappa shape index (κ2) is 11.2. The number of amides is 1. The second-order valence-electron chi connectivity index (χ2n) is 8.03. The zero-order valence-corrected chi connectivity index (χ0v) is 20.5. The molecule has 4 aromatic rings. The fourth-order valence-corrected chi connectivity index (χ4v) is 4.46. The van der Waals surface area contributed by atoms with Gasteiger partial charge in [-0.3, -0.25) is 9.59 Å². The lowest BCUT2D eigenvalue weighted by atomic mass is 10.1. The van der Waals surface area contributed by atoms with E-state index in [1.807, 2.05) is 0 Å². The highest BCUT2D eigenvalue weighted by Gasteiger charge is 2.16. The van der Waals surface area contributed by atoms with Crippen molar-refractivity contribution in [2.75, 3.05) is 6.61 Å². The molecular weight excluding hydrogens is 485 g/mol. The summed E-state index contributed by atoms with van der Waals surface area (Å²) in [6.45, 7) is 4.35. The van der Waals surface area contributed by atoms with Crippen LogP contribution in [0.1, 0.15) is 50.2 Å². The van der Waals surface area contributed by atoms with Gasteiger partial charge in [0, 0.05) is 12.1 Å². The molecule has 0 unspecified atom stereocenters. The molecule has 0 atom stereocenters. The van der Waals surface area contributed by atoms with Gasteiger partial charge in [-0.1, -0.05) is 24.3 Å². The van der Waals surface area contributed by atoms with E-state index >= 15 is 0 Å². The summed E-state index contributed by atoms with van der Waals surface area (Å²) in [4.78, 5) is 44.3. The van der Waals surface area contributed by atoms with Crippen LogP contribution in [0, 0.1) is 12.7 Å². The van der Waals surface area contributed by atoms with E-state index in [1.165, 1.54) is 17.4 Å². The number of nitrogens with zero attached hydrogens (tertiary/aromatic N) is 1. The lowest BCUT2D eigenvalue weighted by Gasteiger charge is -2.07. The average molecular weight is 510 g/mol. The highest BCUT2D eigenvalue weighted by molar-refractivity contribution is 7.16. The number of aromatic nitrogens is 2. The van der Waals surface area contributed by atoms with E-state index in [1.54, 1.807) is 55.6 Å². The van der Waals surface area contributed by atoms with Crippen molar-refractivity contribution in [1.29, 1.82) is 0 Å². The maximum atomic E-state index is 13.4. The van der Waals surface area contributed by atoms with Crippen LogP contribution in [0.5, 0.6) is 0 Å². The number of nitrogens with one attached hydrogen (secondary N) is 2. The number of rotatable bonds is 9. The minimum atomic E-state index is -0.534. The molecule has 2 heterocycles. The molecule has 36 heavy (non-hydrogen) atoms. The predicted octanol–water partition coefficient (Wildman–Crippen LogP) is 4.26. The van der Waals surface area contributed by atoms with Gasteiger partial charge in [0.15, 0.2) is 0 Å². The number of fused-ring (bicyclic) bond motifs is 1. The molecule has 8 nitrogen and oxygen atoms in total. The van der Waals surface area contributed by atoms with Crippen LogP contribution in [0.15, 0.2) is 52.6 Å². The Morgan fingerprint density at radius 1 is 1.11 bits per heavy atom. The van der Waals surface area contributed by atoms with Crippen molar-refractivity contribution in [2.24, 2.45) is 0 Å². The van der Waals surface area contributed by atoms with Crippen molar-refractivity contribution in [1.82, 2.24) is 15.3 Å². The van der Waals surface area contributed by atoms with Crippen LogP contribution in [-0.4, -0.2) is 28.5 Å². The molecule has 2 N–H and O–H groups in total. The first kappa shape index (κ1) is 25.2. The van der Waals surface area contributed by atoms with Gasteiger partial charge in [0.2, 0.25) is 5.82 Å². The number of benzene rings is 2. The Hall–Kier alpha value is -3.89. The van der Waals surface area contributed by atoms with E-state index in [0.717, 1.165) is 11.1 Å². The van der Waals surface area contributed by atoms with E-state index in [9.17, 15) is 18.8 Å². The number of carbonyl (C=O) groups excluding carboxylic acids is 2. The van der Waals surface area contributed by atoms with Crippen LogP contribution in [0.4, 0.5) is 4.39 Å². The van der Waals surface area contributed by atoms with E-state index in [4.69, 9.17) is 9.47 Å². The summed E-state index contributed by atoms with van der Waals surface area (Å²) in [5.74, 6) is -1.32. The zero-order chi connectivity index (χ0) is 25.7. The number of thiophene rings is 1. The molecule has 0 radical (unpaired) electrons. The minimum absolute atomic E-state index is 0.0951. The fourth-order valence-electron chi connectivity index (χ4n) is 3.53. The summed E-state index contributed by atoms with van der Waals surface area (Å²) in [6, 6.07) is 11.5. The number of carbonyl (C=O) groups is 2. The predicted molar refractivity (Wildman–Crippen MR) is 133 cm³/mol. The van der Waals surface area contributed by atoms with Crippen molar-refractivity contribution in [3.05, 3.63) is 97.7 Å². The molecule has 0 aliphatic heterocycles. The van der Waals surface area contributed by atoms with Crippen molar-refractivity contribution in [3.63, 3.8) is 0 Å². The Morgan fingerprint density at radius 3 is 2.58 bits per heavy atom. The lowest BCUT2D eigenvalue weighted by Crippen LogP contribution is -2.27. The Morgan fingerprint density at radius 2 is 1.86 bits per heavy atom. The minimum Gasteiger partial charge on any atom is -0.462 e. The summed E-state index contributed by atoms with van der Waals surface area (Å²) in [5, 5.41) is 4.84. The first-order chi connectivity index (χ1) is 17.4. The van der Waals surface area contributed by atoms with Gasteiger partial charge >= 0.3 is 5.97 Å². The van der Waals surface area contributed by atoms with E-state index in [-0.39, 0.29) is 37.4 Å². The Kier molecular flexibility index (Phi) is 7.87. The van der Waals surface area contributed by atoms with Crippen LogP contribution in [0.2, 0.25) is 0 Å². The number of aryl methyl sites for hydroxylation is 1. The molecule has 0 saturated heterocycles. The molecular formula is C26H24FN3O5S. The number of ether oxygens (including phenoxy) is 2. The monoisotopic (exact) mass is 509 g/mol. The molecule has 0 bridgehead atoms. The van der Waals surface area contributed by atoms with Gasteiger partial charge in [-0.05, 0) is 54.1 Å². The summed E-state index contributed by atoms with van der Waals surface area (Å²) >= 11 is 1.25. The molecule has 2 aromatic carbocycles. The number of aromatic amines is 1. The fraction of sp³-hybridized carbons (Fsp3) is 0.231. The quantitative estimate of drug-likeness (QED) is 0.326. The summed E-state index contributed by atoms with van der Waals surface area (Å²) in [7, 11) is 0. The SMILES string of the molecule is CCOC(=O)c1ccc(COCc2csc3nc(C(=O)NCc4ccc(F)c(C)c4)[nH]c(=O)c23)cc1.